The second kappa shape index (κ2) is 8.58. The summed E-state index contributed by atoms with van der Waals surface area (Å²) >= 11 is 0. The Kier molecular flexibility index (Phi) is 5.11. The number of para-hydroxylation sites is 1. The molecule has 6 aromatic rings. The predicted molar refractivity (Wildman–Crippen MR) is 138 cm³/mol. The number of fused-ring (bicyclic) bond motifs is 2. The van der Waals surface area contributed by atoms with E-state index >= 15 is 0 Å². The molecule has 0 aliphatic heterocycles. The molecule has 0 unspecified atom stereocenters. The molecule has 0 aliphatic rings. The van der Waals surface area contributed by atoms with Gasteiger partial charge in [0, 0.05) is 61.1 Å². The molecule has 10 heteroatoms. The van der Waals surface area contributed by atoms with Crippen LogP contribution < -0.4 is 5.32 Å². The van der Waals surface area contributed by atoms with Crippen molar-refractivity contribution in [2.75, 3.05) is 19.4 Å². The van der Waals surface area contributed by atoms with Crippen molar-refractivity contribution < 1.29 is 4.79 Å². The summed E-state index contributed by atoms with van der Waals surface area (Å²) in [5.74, 6) is 0.636. The van der Waals surface area contributed by atoms with Crippen LogP contribution in [-0.2, 0) is 0 Å². The lowest BCUT2D eigenvalue weighted by Crippen LogP contribution is -2.27. The number of pyridine rings is 3. The fraction of sp³-hybridized carbons (Fsp3) is 0.0769. The van der Waals surface area contributed by atoms with E-state index in [2.05, 4.69) is 35.5 Å². The molecule has 0 fully saturated rings. The van der Waals surface area contributed by atoms with Crippen molar-refractivity contribution in [3.8, 4) is 33.8 Å². The number of benzene rings is 1. The lowest BCUT2D eigenvalue weighted by molar-refractivity contribution is 0.230. The molecule has 0 radical (unpaired) electrons. The van der Waals surface area contributed by atoms with Crippen molar-refractivity contribution in [2.24, 2.45) is 0 Å². The predicted octanol–water partition coefficient (Wildman–Crippen LogP) is 4.72. The standard InChI is InChI=1S/C26H21N9O/c1-35(2)26(36)30-18-9-16(12-28-14-18)17-10-20-23(33-34-24(20)29-13-17)25-31-21-7-3-6-19(22(21)32-25)15-5-4-8-27-11-15/h3-14H,1-2H3,(H,30,36)(H,31,32)(H,29,33,34). The first kappa shape index (κ1) is 21.4. The number of urea groups is 1. The summed E-state index contributed by atoms with van der Waals surface area (Å²) < 4.78 is 0. The number of carbonyl (C=O) groups excluding carboxylic acids is 1. The molecule has 5 aromatic heterocycles. The first-order valence-corrected chi connectivity index (χ1v) is 11.2. The number of nitrogens with one attached hydrogen (secondary N) is 3. The number of imidazole rings is 1. The molecule has 2 amide bonds. The van der Waals surface area contributed by atoms with Crippen LogP contribution in [0.15, 0.2) is 73.4 Å². The minimum absolute atomic E-state index is 0.227. The minimum Gasteiger partial charge on any atom is -0.337 e. The maximum absolute atomic E-state index is 12.0. The van der Waals surface area contributed by atoms with Crippen molar-refractivity contribution in [2.45, 2.75) is 0 Å². The Morgan fingerprint density at radius 3 is 2.64 bits per heavy atom. The Labute approximate surface area is 205 Å². The van der Waals surface area contributed by atoms with Crippen LogP contribution >= 0.6 is 0 Å². The third kappa shape index (κ3) is 3.80. The lowest BCUT2D eigenvalue weighted by Gasteiger charge is -2.12. The van der Waals surface area contributed by atoms with Crippen molar-refractivity contribution in [1.29, 1.82) is 0 Å². The van der Waals surface area contributed by atoms with Gasteiger partial charge < -0.3 is 15.2 Å². The summed E-state index contributed by atoms with van der Waals surface area (Å²) in [6, 6.07) is 13.6. The van der Waals surface area contributed by atoms with E-state index in [1.807, 2.05) is 48.7 Å². The average Bonchev–Trinajstić information content (AvgIpc) is 3.53. The van der Waals surface area contributed by atoms with Gasteiger partial charge in [-0.3, -0.25) is 15.1 Å². The van der Waals surface area contributed by atoms with E-state index < -0.39 is 0 Å². The highest BCUT2D eigenvalue weighted by Crippen LogP contribution is 2.32. The molecular weight excluding hydrogens is 454 g/mol. The SMILES string of the molecule is CN(C)C(=O)Nc1cncc(-c2cnc3[nH]nc(-c4nc5c(-c6cccnc6)cccc5[nH]4)c3c2)c1. The van der Waals surface area contributed by atoms with Gasteiger partial charge in [0.1, 0.15) is 5.69 Å². The number of aromatic nitrogens is 7. The van der Waals surface area contributed by atoms with E-state index in [1.165, 1.54) is 4.90 Å². The van der Waals surface area contributed by atoms with E-state index in [-0.39, 0.29) is 6.03 Å². The van der Waals surface area contributed by atoms with Crippen molar-refractivity contribution in [3.63, 3.8) is 0 Å². The van der Waals surface area contributed by atoms with E-state index in [1.54, 1.807) is 38.9 Å². The van der Waals surface area contributed by atoms with Gasteiger partial charge in [-0.2, -0.15) is 5.10 Å². The number of hydrogen-bond acceptors (Lipinski definition) is 6. The third-order valence-corrected chi connectivity index (χ3v) is 5.85. The number of aromatic amines is 2. The molecule has 0 bridgehead atoms. The van der Waals surface area contributed by atoms with Crippen molar-refractivity contribution in [3.05, 3.63) is 73.4 Å². The zero-order chi connectivity index (χ0) is 24.6. The largest absolute Gasteiger partial charge is 0.337 e. The topological polar surface area (TPSA) is 128 Å². The van der Waals surface area contributed by atoms with E-state index in [0.29, 0.717) is 22.9 Å². The number of nitrogens with zero attached hydrogens (tertiary/aromatic N) is 6. The molecule has 3 N–H and O–H groups in total. The van der Waals surface area contributed by atoms with Gasteiger partial charge in [-0.1, -0.05) is 18.2 Å². The summed E-state index contributed by atoms with van der Waals surface area (Å²) in [4.78, 5) is 34.9. The summed E-state index contributed by atoms with van der Waals surface area (Å²) in [7, 11) is 3.37. The number of carbonyl (C=O) groups is 1. The Morgan fingerprint density at radius 2 is 1.81 bits per heavy atom. The van der Waals surface area contributed by atoms with Gasteiger partial charge in [0.2, 0.25) is 0 Å². The number of H-pyrrole nitrogens is 2. The fourth-order valence-corrected chi connectivity index (χ4v) is 4.04. The van der Waals surface area contributed by atoms with E-state index in [9.17, 15) is 4.79 Å². The van der Waals surface area contributed by atoms with Crippen LogP contribution in [0.3, 0.4) is 0 Å². The zero-order valence-corrected chi connectivity index (χ0v) is 19.5. The highest BCUT2D eigenvalue weighted by molar-refractivity contribution is 5.97. The highest BCUT2D eigenvalue weighted by atomic mass is 16.2. The van der Waals surface area contributed by atoms with Crippen molar-refractivity contribution >= 4 is 33.8 Å². The van der Waals surface area contributed by atoms with Crippen LogP contribution in [0.1, 0.15) is 0 Å². The highest BCUT2D eigenvalue weighted by Gasteiger charge is 2.17. The maximum Gasteiger partial charge on any atom is 0.321 e. The molecule has 6 rings (SSSR count). The van der Waals surface area contributed by atoms with E-state index in [4.69, 9.17) is 4.98 Å². The van der Waals surface area contributed by atoms with Crippen LogP contribution in [0.5, 0.6) is 0 Å². The van der Waals surface area contributed by atoms with Gasteiger partial charge in [-0.15, -0.1) is 0 Å². The first-order valence-electron chi connectivity index (χ1n) is 11.2. The maximum atomic E-state index is 12.0. The smallest absolute Gasteiger partial charge is 0.321 e. The Balaban J connectivity index is 1.41. The van der Waals surface area contributed by atoms with Crippen LogP contribution in [-0.4, -0.2) is 60.1 Å². The molecule has 0 aliphatic carbocycles. The van der Waals surface area contributed by atoms with Gasteiger partial charge in [0.15, 0.2) is 11.5 Å². The summed E-state index contributed by atoms with van der Waals surface area (Å²) in [5.41, 5.74) is 7.29. The van der Waals surface area contributed by atoms with Gasteiger partial charge in [0.25, 0.3) is 0 Å². The number of rotatable bonds is 4. The molecule has 0 spiro atoms. The fourth-order valence-electron chi connectivity index (χ4n) is 4.04. The molecule has 10 nitrogen and oxygen atoms in total. The normalized spacial score (nSPS) is 11.2. The molecule has 0 saturated carbocycles. The zero-order valence-electron chi connectivity index (χ0n) is 19.5. The van der Waals surface area contributed by atoms with Gasteiger partial charge in [0.05, 0.1) is 28.3 Å². The monoisotopic (exact) mass is 475 g/mol. The summed E-state index contributed by atoms with van der Waals surface area (Å²) in [6.45, 7) is 0. The van der Waals surface area contributed by atoms with Crippen LogP contribution in [0.25, 0.3) is 55.8 Å². The molecule has 36 heavy (non-hydrogen) atoms. The molecule has 1 aromatic carbocycles. The molecular formula is C26H21N9O. The second-order valence-electron chi connectivity index (χ2n) is 8.51. The van der Waals surface area contributed by atoms with Crippen LogP contribution in [0.4, 0.5) is 10.5 Å². The Hall–Kier alpha value is -5.12. The molecule has 176 valence electrons. The van der Waals surface area contributed by atoms with Crippen molar-refractivity contribution in [1.82, 2.24) is 40.0 Å². The summed E-state index contributed by atoms with van der Waals surface area (Å²) in [6.07, 6.45) is 8.66. The van der Waals surface area contributed by atoms with Gasteiger partial charge in [-0.25, -0.2) is 14.8 Å². The van der Waals surface area contributed by atoms with Crippen LogP contribution in [0, 0.1) is 0 Å². The number of anilines is 1. The minimum atomic E-state index is -0.227. The molecule has 5 heterocycles. The summed E-state index contributed by atoms with van der Waals surface area (Å²) in [5, 5.41) is 11.1. The molecule has 0 atom stereocenters. The van der Waals surface area contributed by atoms with Crippen LogP contribution in [0.2, 0.25) is 0 Å². The van der Waals surface area contributed by atoms with E-state index in [0.717, 1.165) is 38.7 Å². The number of amides is 2. The second-order valence-corrected chi connectivity index (χ2v) is 8.51. The quantitative estimate of drug-likeness (QED) is 0.338. The first-order chi connectivity index (χ1) is 17.6. The third-order valence-electron chi connectivity index (χ3n) is 5.85. The Morgan fingerprint density at radius 1 is 0.944 bits per heavy atom. The molecule has 0 saturated heterocycles. The lowest BCUT2D eigenvalue weighted by atomic mass is 10.1. The number of hydrogen-bond donors (Lipinski definition) is 3. The average molecular weight is 476 g/mol. The Bertz CT molecular complexity index is 1720. The van der Waals surface area contributed by atoms with Gasteiger partial charge >= 0.3 is 6.03 Å². The van der Waals surface area contributed by atoms with Gasteiger partial charge in [-0.05, 0) is 24.3 Å².